The number of sulfonamides is 1. The van der Waals surface area contributed by atoms with Crippen molar-refractivity contribution in [2.24, 2.45) is 0 Å². The van der Waals surface area contributed by atoms with Gasteiger partial charge in [0.15, 0.2) is 0 Å². The van der Waals surface area contributed by atoms with E-state index in [-0.39, 0.29) is 10.7 Å². The van der Waals surface area contributed by atoms with Gasteiger partial charge in [-0.3, -0.25) is 0 Å². The van der Waals surface area contributed by atoms with Crippen LogP contribution in [0.2, 0.25) is 0 Å². The Kier molecular flexibility index (Phi) is 4.64. The van der Waals surface area contributed by atoms with Gasteiger partial charge in [0, 0.05) is 17.7 Å². The van der Waals surface area contributed by atoms with E-state index in [1.54, 1.807) is 27.1 Å². The van der Waals surface area contributed by atoms with Gasteiger partial charge in [-0.1, -0.05) is 0 Å². The molecular weight excluding hydrogens is 360 g/mol. The Balaban J connectivity index is 2.32. The zero-order chi connectivity index (χ0) is 15.6. The third kappa shape index (κ3) is 3.60. The van der Waals surface area contributed by atoms with Crippen LogP contribution >= 0.6 is 15.9 Å². The maximum atomic E-state index is 12.5. The lowest BCUT2D eigenvalue weighted by molar-refractivity contribution is 0.428. The highest BCUT2D eigenvalue weighted by molar-refractivity contribution is 9.10. The van der Waals surface area contributed by atoms with E-state index in [1.807, 2.05) is 0 Å². The summed E-state index contributed by atoms with van der Waals surface area (Å²) in [6.07, 6.45) is 3.06. The number of aromatic nitrogens is 2. The summed E-state index contributed by atoms with van der Waals surface area (Å²) in [6, 6.07) is 0.890. The van der Waals surface area contributed by atoms with Gasteiger partial charge in [-0.05, 0) is 35.8 Å². The van der Waals surface area contributed by atoms with Crippen LogP contribution in [-0.4, -0.2) is 25.4 Å². The molecule has 0 saturated heterocycles. The van der Waals surface area contributed by atoms with E-state index in [2.05, 4.69) is 35.9 Å². The molecule has 2 rings (SSSR count). The lowest BCUT2D eigenvalue weighted by Gasteiger charge is -2.13. The van der Waals surface area contributed by atoms with Crippen molar-refractivity contribution in [3.8, 4) is 0 Å². The number of aryl methyl sites for hydroxylation is 1. The SMILES string of the molecule is CNc1ncc(Br)cc1S(=O)(=O)NC(C)c1ncc(C)o1. The van der Waals surface area contributed by atoms with Crippen molar-refractivity contribution in [3.05, 3.63) is 34.6 Å². The first-order valence-corrected chi connectivity index (χ1v) is 8.39. The lowest BCUT2D eigenvalue weighted by atomic mass is 10.4. The van der Waals surface area contributed by atoms with Crippen molar-refractivity contribution < 1.29 is 12.8 Å². The van der Waals surface area contributed by atoms with Gasteiger partial charge in [0.25, 0.3) is 0 Å². The van der Waals surface area contributed by atoms with Crippen LogP contribution in [0.5, 0.6) is 0 Å². The summed E-state index contributed by atoms with van der Waals surface area (Å²) in [4.78, 5) is 8.10. The highest BCUT2D eigenvalue weighted by Gasteiger charge is 2.24. The maximum absolute atomic E-state index is 12.5. The number of rotatable bonds is 5. The predicted octanol–water partition coefficient (Wildman–Crippen LogP) is 2.22. The quantitative estimate of drug-likeness (QED) is 0.832. The largest absolute Gasteiger partial charge is 0.444 e. The van der Waals surface area contributed by atoms with Gasteiger partial charge in [-0.2, -0.15) is 4.72 Å². The van der Waals surface area contributed by atoms with Gasteiger partial charge < -0.3 is 9.73 Å². The summed E-state index contributed by atoms with van der Waals surface area (Å²) in [6.45, 7) is 3.41. The van der Waals surface area contributed by atoms with E-state index in [0.29, 0.717) is 16.1 Å². The summed E-state index contributed by atoms with van der Waals surface area (Å²) >= 11 is 3.22. The molecule has 2 N–H and O–H groups in total. The normalized spacial score (nSPS) is 13.1. The molecule has 0 aliphatic heterocycles. The average molecular weight is 375 g/mol. The van der Waals surface area contributed by atoms with E-state index in [4.69, 9.17) is 4.42 Å². The number of nitrogens with zero attached hydrogens (tertiary/aromatic N) is 2. The number of halogens is 1. The molecule has 2 aromatic rings. The van der Waals surface area contributed by atoms with Crippen molar-refractivity contribution in [2.45, 2.75) is 24.8 Å². The molecule has 1 unspecified atom stereocenters. The second-order valence-electron chi connectivity index (χ2n) is 4.40. The van der Waals surface area contributed by atoms with Crippen LogP contribution in [-0.2, 0) is 10.0 Å². The molecule has 1 atom stereocenters. The average Bonchev–Trinajstić information content (AvgIpc) is 2.85. The van der Waals surface area contributed by atoms with Crippen LogP contribution in [0.3, 0.4) is 0 Å². The standard InChI is InChI=1S/C12H15BrN4O3S/c1-7-5-16-12(20-7)8(2)17-21(18,19)10-4-9(13)6-15-11(10)14-3/h4-6,8,17H,1-3H3,(H,14,15). The second-order valence-corrected chi connectivity index (χ2v) is 7.00. The highest BCUT2D eigenvalue weighted by atomic mass is 79.9. The van der Waals surface area contributed by atoms with E-state index < -0.39 is 16.1 Å². The fourth-order valence-electron chi connectivity index (χ4n) is 1.73. The first-order valence-electron chi connectivity index (χ1n) is 6.11. The molecule has 9 heteroatoms. The van der Waals surface area contributed by atoms with Gasteiger partial charge in [0.1, 0.15) is 16.5 Å². The lowest BCUT2D eigenvalue weighted by Crippen LogP contribution is -2.28. The Morgan fingerprint density at radius 1 is 1.33 bits per heavy atom. The molecule has 0 spiro atoms. The Bertz CT molecular complexity index is 745. The van der Waals surface area contributed by atoms with Crippen molar-refractivity contribution in [1.29, 1.82) is 0 Å². The summed E-state index contributed by atoms with van der Waals surface area (Å²) in [5.41, 5.74) is 0. The van der Waals surface area contributed by atoms with E-state index in [1.165, 1.54) is 12.3 Å². The van der Waals surface area contributed by atoms with Crippen LogP contribution in [0.4, 0.5) is 5.82 Å². The summed E-state index contributed by atoms with van der Waals surface area (Å²) < 4.78 is 33.4. The monoisotopic (exact) mass is 374 g/mol. The predicted molar refractivity (Wildman–Crippen MR) is 81.5 cm³/mol. The number of pyridine rings is 1. The number of anilines is 1. The van der Waals surface area contributed by atoms with E-state index in [0.717, 1.165) is 0 Å². The molecule has 7 nitrogen and oxygen atoms in total. The van der Waals surface area contributed by atoms with Crippen molar-refractivity contribution in [3.63, 3.8) is 0 Å². The zero-order valence-corrected chi connectivity index (χ0v) is 14.1. The van der Waals surface area contributed by atoms with Crippen LogP contribution in [0, 0.1) is 6.92 Å². The zero-order valence-electron chi connectivity index (χ0n) is 11.7. The second kappa shape index (κ2) is 6.12. The minimum atomic E-state index is -3.77. The molecule has 114 valence electrons. The summed E-state index contributed by atoms with van der Waals surface area (Å²) in [5, 5.41) is 2.76. The third-order valence-corrected chi connectivity index (χ3v) is 4.67. The molecule has 0 radical (unpaired) electrons. The Hall–Kier alpha value is -1.45. The molecule has 0 fully saturated rings. The molecule has 0 saturated carbocycles. The van der Waals surface area contributed by atoms with Crippen LogP contribution < -0.4 is 10.0 Å². The minimum absolute atomic E-state index is 0.0505. The van der Waals surface area contributed by atoms with E-state index in [9.17, 15) is 8.42 Å². The van der Waals surface area contributed by atoms with Gasteiger partial charge in [-0.25, -0.2) is 18.4 Å². The van der Waals surface area contributed by atoms with Gasteiger partial charge >= 0.3 is 0 Å². The van der Waals surface area contributed by atoms with E-state index >= 15 is 0 Å². The first kappa shape index (κ1) is 15.9. The number of nitrogens with one attached hydrogen (secondary N) is 2. The molecule has 2 aromatic heterocycles. The molecule has 21 heavy (non-hydrogen) atoms. The highest BCUT2D eigenvalue weighted by Crippen LogP contribution is 2.24. The number of hydrogen-bond donors (Lipinski definition) is 2. The number of hydrogen-bond acceptors (Lipinski definition) is 6. The molecule has 0 amide bonds. The molecule has 0 aromatic carbocycles. The molecule has 0 aliphatic carbocycles. The first-order chi connectivity index (χ1) is 9.83. The fraction of sp³-hybridized carbons (Fsp3) is 0.333. The molecule has 2 heterocycles. The van der Waals surface area contributed by atoms with Crippen LogP contribution in [0.15, 0.2) is 32.2 Å². The van der Waals surface area contributed by atoms with Crippen molar-refractivity contribution in [1.82, 2.24) is 14.7 Å². The Morgan fingerprint density at radius 3 is 2.62 bits per heavy atom. The smallest absolute Gasteiger partial charge is 0.244 e. The Morgan fingerprint density at radius 2 is 2.05 bits per heavy atom. The molecule has 0 aliphatic rings. The fourth-order valence-corrected chi connectivity index (χ4v) is 3.60. The summed E-state index contributed by atoms with van der Waals surface area (Å²) in [7, 11) is -2.16. The van der Waals surface area contributed by atoms with Gasteiger partial charge in [0.05, 0.1) is 12.2 Å². The van der Waals surface area contributed by atoms with Gasteiger partial charge in [-0.15, -0.1) is 0 Å². The topological polar surface area (TPSA) is 97.1 Å². The van der Waals surface area contributed by atoms with Gasteiger partial charge in [0.2, 0.25) is 15.9 Å². The molecular formula is C12H15BrN4O3S. The number of oxazole rings is 1. The third-order valence-electron chi connectivity index (χ3n) is 2.69. The van der Waals surface area contributed by atoms with Crippen molar-refractivity contribution in [2.75, 3.05) is 12.4 Å². The maximum Gasteiger partial charge on any atom is 0.244 e. The molecule has 0 bridgehead atoms. The van der Waals surface area contributed by atoms with Crippen molar-refractivity contribution >= 4 is 31.8 Å². The summed E-state index contributed by atoms with van der Waals surface area (Å²) in [5.74, 6) is 1.20. The Labute approximate surface area is 131 Å². The van der Waals surface area contributed by atoms with Crippen LogP contribution in [0.25, 0.3) is 0 Å². The van der Waals surface area contributed by atoms with Crippen LogP contribution in [0.1, 0.15) is 24.6 Å². The minimum Gasteiger partial charge on any atom is -0.444 e.